The van der Waals surface area contributed by atoms with Crippen molar-refractivity contribution in [3.05, 3.63) is 29.8 Å². The van der Waals surface area contributed by atoms with Gasteiger partial charge in [-0.15, -0.1) is 0 Å². The van der Waals surface area contributed by atoms with Crippen LogP contribution in [0.5, 0.6) is 5.75 Å². The van der Waals surface area contributed by atoms with Gasteiger partial charge in [0.1, 0.15) is 18.4 Å². The maximum Gasteiger partial charge on any atom is 0.410 e. The number of rotatable bonds is 4. The first-order valence-electron chi connectivity index (χ1n) is 7.39. The molecule has 2 rings (SSSR count). The van der Waals surface area contributed by atoms with Crippen molar-refractivity contribution in [3.63, 3.8) is 0 Å². The first kappa shape index (κ1) is 17.1. The van der Waals surface area contributed by atoms with Gasteiger partial charge in [-0.3, -0.25) is 9.69 Å². The molecule has 126 valence electrons. The molecule has 1 aliphatic heterocycles. The molecular formula is C16H22N2O5. The smallest absolute Gasteiger partial charge is 0.410 e. The molecule has 1 N–H and O–H groups in total. The van der Waals surface area contributed by atoms with Crippen molar-refractivity contribution in [3.8, 4) is 5.75 Å². The SMILES string of the molecule is COc1ccc(COC(=O)N2CCC(O)[C@H]2C(=O)N(C)C)cc1. The standard InChI is InChI=1S/C16H22N2O5/c1-17(2)15(20)14-13(19)8-9-18(14)16(21)23-10-11-4-6-12(22-3)7-5-11/h4-7,13-14,19H,8-10H2,1-3H3/t13?,14-/m0/s1. The van der Waals surface area contributed by atoms with E-state index < -0.39 is 18.2 Å². The van der Waals surface area contributed by atoms with Crippen LogP contribution in [0.1, 0.15) is 12.0 Å². The van der Waals surface area contributed by atoms with Crippen molar-refractivity contribution in [1.82, 2.24) is 9.80 Å². The zero-order valence-corrected chi connectivity index (χ0v) is 13.6. The fourth-order valence-electron chi connectivity index (χ4n) is 2.49. The maximum absolute atomic E-state index is 12.2. The molecule has 1 unspecified atom stereocenters. The molecular weight excluding hydrogens is 300 g/mol. The van der Waals surface area contributed by atoms with E-state index in [2.05, 4.69) is 0 Å². The second kappa shape index (κ2) is 7.32. The lowest BCUT2D eigenvalue weighted by molar-refractivity contribution is -0.135. The third-order valence-electron chi connectivity index (χ3n) is 3.82. The zero-order valence-electron chi connectivity index (χ0n) is 13.6. The molecule has 1 saturated heterocycles. The maximum atomic E-state index is 12.2. The number of hydrogen-bond donors (Lipinski definition) is 1. The molecule has 23 heavy (non-hydrogen) atoms. The monoisotopic (exact) mass is 322 g/mol. The number of nitrogens with zero attached hydrogens (tertiary/aromatic N) is 2. The second-order valence-corrected chi connectivity index (χ2v) is 5.63. The Morgan fingerprint density at radius 2 is 1.96 bits per heavy atom. The third kappa shape index (κ3) is 3.92. The van der Waals surface area contributed by atoms with E-state index in [0.717, 1.165) is 11.3 Å². The molecule has 0 aliphatic carbocycles. The van der Waals surface area contributed by atoms with Gasteiger partial charge in [0.15, 0.2) is 0 Å². The molecule has 1 aromatic carbocycles. The molecule has 0 spiro atoms. The highest BCUT2D eigenvalue weighted by Gasteiger charge is 2.42. The van der Waals surface area contributed by atoms with Crippen molar-refractivity contribution in [2.75, 3.05) is 27.7 Å². The van der Waals surface area contributed by atoms with E-state index in [0.29, 0.717) is 13.0 Å². The molecule has 2 amide bonds. The summed E-state index contributed by atoms with van der Waals surface area (Å²) in [6.45, 7) is 0.394. The van der Waals surface area contributed by atoms with Crippen LogP contribution in [0.15, 0.2) is 24.3 Å². The number of methoxy groups -OCH3 is 1. The Labute approximate surface area is 135 Å². The number of benzene rings is 1. The van der Waals surface area contributed by atoms with Gasteiger partial charge in [-0.05, 0) is 24.1 Å². The summed E-state index contributed by atoms with van der Waals surface area (Å²) in [5, 5.41) is 9.96. The molecule has 1 aromatic rings. The van der Waals surface area contributed by atoms with Crippen molar-refractivity contribution in [1.29, 1.82) is 0 Å². The zero-order chi connectivity index (χ0) is 17.0. The molecule has 0 saturated carbocycles. The van der Waals surface area contributed by atoms with Gasteiger partial charge >= 0.3 is 6.09 Å². The summed E-state index contributed by atoms with van der Waals surface area (Å²) in [4.78, 5) is 27.0. The lowest BCUT2D eigenvalue weighted by Gasteiger charge is -2.27. The Hall–Kier alpha value is -2.28. The van der Waals surface area contributed by atoms with Crippen molar-refractivity contribution in [2.24, 2.45) is 0 Å². The summed E-state index contributed by atoms with van der Waals surface area (Å²) in [6, 6.07) is 6.27. The number of amides is 2. The summed E-state index contributed by atoms with van der Waals surface area (Å²) in [6.07, 6.45) is -1.10. The van der Waals surface area contributed by atoms with Crippen molar-refractivity contribution >= 4 is 12.0 Å². The van der Waals surface area contributed by atoms with Crippen LogP contribution in [0.25, 0.3) is 0 Å². The van der Waals surface area contributed by atoms with E-state index in [9.17, 15) is 14.7 Å². The summed E-state index contributed by atoms with van der Waals surface area (Å²) in [7, 11) is 4.76. The van der Waals surface area contributed by atoms with Gasteiger partial charge in [0.2, 0.25) is 5.91 Å². The topological polar surface area (TPSA) is 79.3 Å². The lowest BCUT2D eigenvalue weighted by Crippen LogP contribution is -2.49. The van der Waals surface area contributed by atoms with Crippen LogP contribution in [0.2, 0.25) is 0 Å². The van der Waals surface area contributed by atoms with Crippen LogP contribution in [0.4, 0.5) is 4.79 Å². The fourth-order valence-corrected chi connectivity index (χ4v) is 2.49. The van der Waals surface area contributed by atoms with Gasteiger partial charge in [0, 0.05) is 20.6 Å². The average molecular weight is 322 g/mol. The molecule has 0 radical (unpaired) electrons. The number of carbonyl (C=O) groups is 2. The van der Waals surface area contributed by atoms with E-state index in [1.165, 1.54) is 9.80 Å². The predicted octanol–water partition coefficient (Wildman–Crippen LogP) is 0.855. The van der Waals surface area contributed by atoms with Gasteiger partial charge in [0.25, 0.3) is 0 Å². The molecule has 7 heteroatoms. The normalized spacial score (nSPS) is 20.3. The highest BCUT2D eigenvalue weighted by atomic mass is 16.6. The van der Waals surface area contributed by atoms with Crippen LogP contribution < -0.4 is 4.74 Å². The van der Waals surface area contributed by atoms with Gasteiger partial charge in [-0.25, -0.2) is 4.79 Å². The Balaban J connectivity index is 1.97. The largest absolute Gasteiger partial charge is 0.497 e. The van der Waals surface area contributed by atoms with E-state index in [1.807, 2.05) is 0 Å². The van der Waals surface area contributed by atoms with Crippen LogP contribution in [0.3, 0.4) is 0 Å². The minimum Gasteiger partial charge on any atom is -0.497 e. The van der Waals surface area contributed by atoms with Crippen LogP contribution in [0, 0.1) is 0 Å². The summed E-state index contributed by atoms with van der Waals surface area (Å²) < 4.78 is 10.3. The molecule has 1 fully saturated rings. The van der Waals surface area contributed by atoms with Gasteiger partial charge < -0.3 is 19.5 Å². The Kier molecular flexibility index (Phi) is 5.44. The Morgan fingerprint density at radius 1 is 1.30 bits per heavy atom. The second-order valence-electron chi connectivity index (χ2n) is 5.63. The molecule has 0 bridgehead atoms. The van der Waals surface area contributed by atoms with Crippen LogP contribution >= 0.6 is 0 Å². The number of carbonyl (C=O) groups excluding carboxylic acids is 2. The minimum absolute atomic E-state index is 0.0955. The van der Waals surface area contributed by atoms with E-state index in [1.54, 1.807) is 45.5 Å². The number of ether oxygens (including phenoxy) is 2. The highest BCUT2D eigenvalue weighted by molar-refractivity contribution is 5.86. The quantitative estimate of drug-likeness (QED) is 0.889. The summed E-state index contributed by atoms with van der Waals surface area (Å²) >= 11 is 0. The van der Waals surface area contributed by atoms with Crippen LogP contribution in [-0.4, -0.2) is 66.8 Å². The molecule has 1 heterocycles. The van der Waals surface area contributed by atoms with E-state index in [-0.39, 0.29) is 12.5 Å². The Bertz CT molecular complexity index is 558. The third-order valence-corrected chi connectivity index (χ3v) is 3.82. The molecule has 0 aromatic heterocycles. The highest BCUT2D eigenvalue weighted by Crippen LogP contribution is 2.21. The lowest BCUT2D eigenvalue weighted by atomic mass is 10.1. The first-order valence-corrected chi connectivity index (χ1v) is 7.39. The van der Waals surface area contributed by atoms with E-state index >= 15 is 0 Å². The van der Waals surface area contributed by atoms with Gasteiger partial charge in [-0.2, -0.15) is 0 Å². The van der Waals surface area contributed by atoms with Gasteiger partial charge in [0.05, 0.1) is 13.2 Å². The minimum atomic E-state index is -0.881. The number of likely N-dealkylation sites (tertiary alicyclic amines) is 1. The molecule has 1 aliphatic rings. The van der Waals surface area contributed by atoms with Gasteiger partial charge in [-0.1, -0.05) is 12.1 Å². The Morgan fingerprint density at radius 3 is 2.52 bits per heavy atom. The predicted molar refractivity (Wildman–Crippen MR) is 83.0 cm³/mol. The number of aliphatic hydroxyl groups excluding tert-OH is 1. The molecule has 7 nitrogen and oxygen atoms in total. The van der Waals surface area contributed by atoms with Crippen molar-refractivity contribution in [2.45, 2.75) is 25.2 Å². The number of hydrogen-bond acceptors (Lipinski definition) is 5. The first-order chi connectivity index (χ1) is 10.9. The molecule has 2 atom stereocenters. The number of aliphatic hydroxyl groups is 1. The van der Waals surface area contributed by atoms with E-state index in [4.69, 9.17) is 9.47 Å². The number of likely N-dealkylation sites (N-methyl/N-ethyl adjacent to an activating group) is 1. The van der Waals surface area contributed by atoms with Crippen LogP contribution in [-0.2, 0) is 16.1 Å². The summed E-state index contributed by atoms with van der Waals surface area (Å²) in [5.74, 6) is 0.413. The van der Waals surface area contributed by atoms with Crippen molar-refractivity contribution < 1.29 is 24.2 Å². The fraction of sp³-hybridized carbons (Fsp3) is 0.500. The summed E-state index contributed by atoms with van der Waals surface area (Å²) in [5.41, 5.74) is 0.814. The average Bonchev–Trinajstić information content (AvgIpc) is 2.93.